The van der Waals surface area contributed by atoms with Crippen molar-refractivity contribution in [1.29, 1.82) is 0 Å². The third kappa shape index (κ3) is 5.58. The van der Waals surface area contributed by atoms with Crippen LogP contribution in [-0.2, 0) is 33.8 Å². The Labute approximate surface area is 181 Å². The molecule has 29 heavy (non-hydrogen) atoms. The third-order valence-electron chi connectivity index (χ3n) is 6.15. The summed E-state index contributed by atoms with van der Waals surface area (Å²) in [5.41, 5.74) is 2.84. The molecule has 1 N–H and O–H groups in total. The van der Waals surface area contributed by atoms with Crippen LogP contribution in [0.25, 0.3) is 0 Å². The third-order valence-corrected chi connectivity index (χ3v) is 7.82. The molecule has 5 nitrogen and oxygen atoms in total. The van der Waals surface area contributed by atoms with Gasteiger partial charge in [0.05, 0.1) is 6.61 Å². The monoisotopic (exact) mass is 432 g/mol. The molecule has 1 saturated heterocycles. The van der Waals surface area contributed by atoms with E-state index in [2.05, 4.69) is 44.0 Å². The van der Waals surface area contributed by atoms with E-state index in [9.17, 15) is 0 Å². The van der Waals surface area contributed by atoms with Crippen LogP contribution in [0.15, 0.2) is 35.2 Å². The molecular weight excluding hydrogens is 400 g/mol. The van der Waals surface area contributed by atoms with Gasteiger partial charge >= 0.3 is 0 Å². The number of rotatable bonds is 7. The minimum atomic E-state index is -0.0580. The first kappa shape index (κ1) is 20.8. The Kier molecular flexibility index (Phi) is 7.21. The van der Waals surface area contributed by atoms with E-state index in [1.165, 1.54) is 30.4 Å². The minimum absolute atomic E-state index is 0.0580. The lowest BCUT2D eigenvalue weighted by molar-refractivity contribution is 0.204. The van der Waals surface area contributed by atoms with E-state index in [-0.39, 0.29) is 9.64 Å². The van der Waals surface area contributed by atoms with Gasteiger partial charge in [-0.15, -0.1) is 0 Å². The van der Waals surface area contributed by atoms with Crippen molar-refractivity contribution in [1.82, 2.24) is 14.5 Å². The molecule has 158 valence electrons. The Morgan fingerprint density at radius 3 is 2.86 bits per heavy atom. The maximum absolute atomic E-state index is 6.07. The quantitative estimate of drug-likeness (QED) is 0.671. The first-order valence-corrected chi connectivity index (χ1v) is 13.2. The van der Waals surface area contributed by atoms with Crippen LogP contribution in [-0.4, -0.2) is 54.5 Å². The Morgan fingerprint density at radius 1 is 1.24 bits per heavy atom. The highest BCUT2D eigenvalue weighted by molar-refractivity contribution is 8.27. The summed E-state index contributed by atoms with van der Waals surface area (Å²) < 4.78 is 8.46. The first-order chi connectivity index (χ1) is 14.2. The smallest absolute Gasteiger partial charge is 0.144 e. The highest BCUT2D eigenvalue weighted by Crippen LogP contribution is 2.26. The molecule has 0 aliphatic carbocycles. The zero-order chi connectivity index (χ0) is 20.1. The fraction of sp³-hybridized carbons (Fsp3) is 0.591. The van der Waals surface area contributed by atoms with Crippen LogP contribution in [0.2, 0.25) is 0 Å². The maximum Gasteiger partial charge on any atom is 0.144 e. The van der Waals surface area contributed by atoms with Gasteiger partial charge in [-0.1, -0.05) is 15.7 Å². The van der Waals surface area contributed by atoms with E-state index >= 15 is 0 Å². The maximum atomic E-state index is 6.07. The van der Waals surface area contributed by atoms with Crippen molar-refractivity contribution in [2.24, 2.45) is 10.9 Å². The molecule has 0 radical (unpaired) electrons. The molecule has 1 aromatic carbocycles. The van der Waals surface area contributed by atoms with Crippen LogP contribution in [0.1, 0.15) is 36.8 Å². The molecule has 1 atom stereocenters. The Bertz CT molecular complexity index is 787. The molecule has 3 heterocycles. The highest BCUT2D eigenvalue weighted by atomic mass is 32.8. The molecule has 0 saturated carbocycles. The number of ether oxygens (including phenoxy) is 1. The molecular formula is C22H32N4OS2. The minimum Gasteiger partial charge on any atom is -0.494 e. The lowest BCUT2D eigenvalue weighted by Crippen LogP contribution is -2.34. The highest BCUT2D eigenvalue weighted by Gasteiger charge is 2.21. The number of aliphatic imine (C=N–C) groups is 1. The van der Waals surface area contributed by atoms with Crippen molar-refractivity contribution >= 4 is 27.0 Å². The van der Waals surface area contributed by atoms with Crippen molar-refractivity contribution in [3.8, 4) is 5.75 Å². The van der Waals surface area contributed by atoms with Crippen molar-refractivity contribution in [2.45, 2.75) is 38.6 Å². The molecule has 3 aliphatic rings. The van der Waals surface area contributed by atoms with E-state index < -0.39 is 0 Å². The summed E-state index contributed by atoms with van der Waals surface area (Å²) in [5.74, 6) is 2.93. The molecule has 0 spiro atoms. The van der Waals surface area contributed by atoms with E-state index in [0.29, 0.717) is 0 Å². The zero-order valence-corrected chi connectivity index (χ0v) is 18.9. The summed E-state index contributed by atoms with van der Waals surface area (Å²) in [7, 11) is -0.0580. The average molecular weight is 433 g/mol. The Hall–Kier alpha value is -1.44. The van der Waals surface area contributed by atoms with Gasteiger partial charge in [-0.2, -0.15) is 0 Å². The summed E-state index contributed by atoms with van der Waals surface area (Å²) in [5, 5.41) is 3.25. The largest absolute Gasteiger partial charge is 0.494 e. The Morgan fingerprint density at radius 2 is 2.10 bits per heavy atom. The van der Waals surface area contributed by atoms with Crippen molar-refractivity contribution < 1.29 is 4.74 Å². The van der Waals surface area contributed by atoms with Gasteiger partial charge in [0, 0.05) is 51.4 Å². The van der Waals surface area contributed by atoms with Crippen LogP contribution in [0.4, 0.5) is 0 Å². The number of fused-ring (bicyclic) bond motifs is 1. The van der Waals surface area contributed by atoms with Gasteiger partial charge < -0.3 is 15.0 Å². The summed E-state index contributed by atoms with van der Waals surface area (Å²) in [6, 6.07) is 6.60. The predicted molar refractivity (Wildman–Crippen MR) is 125 cm³/mol. The summed E-state index contributed by atoms with van der Waals surface area (Å²) in [4.78, 5) is 6.90. The van der Waals surface area contributed by atoms with Crippen LogP contribution in [0, 0.1) is 5.92 Å². The second kappa shape index (κ2) is 10.0. The van der Waals surface area contributed by atoms with Crippen LogP contribution >= 0.6 is 0 Å². The second-order valence-corrected chi connectivity index (χ2v) is 10.9. The normalized spacial score (nSPS) is 21.3. The number of hydrogen-bond donors (Lipinski definition) is 1. The molecule has 0 bridgehead atoms. The van der Waals surface area contributed by atoms with Crippen molar-refractivity contribution in [2.75, 3.05) is 39.0 Å². The molecule has 1 fully saturated rings. The lowest BCUT2D eigenvalue weighted by Gasteiger charge is -2.34. The van der Waals surface area contributed by atoms with Gasteiger partial charge in [0.25, 0.3) is 0 Å². The van der Waals surface area contributed by atoms with Gasteiger partial charge in [0.15, 0.2) is 0 Å². The van der Waals surface area contributed by atoms with E-state index in [1.807, 2.05) is 12.4 Å². The predicted octanol–water partition coefficient (Wildman–Crippen LogP) is 3.01. The zero-order valence-electron chi connectivity index (χ0n) is 17.3. The molecule has 1 aromatic rings. The topological polar surface area (TPSA) is 40.1 Å². The first-order valence-electron chi connectivity index (χ1n) is 10.7. The molecule has 4 rings (SSSR count). The average Bonchev–Trinajstić information content (AvgIpc) is 2.77. The van der Waals surface area contributed by atoms with Crippen LogP contribution in [0.3, 0.4) is 0 Å². The number of hydrogen-bond acceptors (Lipinski definition) is 5. The van der Waals surface area contributed by atoms with Gasteiger partial charge in [-0.25, -0.2) is 9.30 Å². The number of likely N-dealkylation sites (tertiary alicyclic amines) is 1. The van der Waals surface area contributed by atoms with E-state index in [4.69, 9.17) is 15.9 Å². The van der Waals surface area contributed by atoms with Gasteiger partial charge in [0.2, 0.25) is 0 Å². The van der Waals surface area contributed by atoms with Gasteiger partial charge in [0.1, 0.15) is 11.6 Å². The number of piperidine rings is 1. The fourth-order valence-electron chi connectivity index (χ4n) is 4.38. The van der Waals surface area contributed by atoms with Crippen molar-refractivity contribution in [3.63, 3.8) is 0 Å². The van der Waals surface area contributed by atoms with Crippen LogP contribution in [0.5, 0.6) is 5.75 Å². The van der Waals surface area contributed by atoms with Gasteiger partial charge in [-0.05, 0) is 72.5 Å². The van der Waals surface area contributed by atoms with E-state index in [0.717, 1.165) is 69.7 Å². The molecule has 0 aromatic heterocycles. The van der Waals surface area contributed by atoms with Crippen molar-refractivity contribution in [3.05, 3.63) is 41.3 Å². The Balaban J connectivity index is 1.17. The number of nitrogens with zero attached hydrogens (tertiary/aromatic N) is 3. The fourth-order valence-corrected chi connectivity index (χ4v) is 5.43. The molecule has 1 unspecified atom stereocenters. The van der Waals surface area contributed by atoms with E-state index in [1.54, 1.807) is 0 Å². The molecule has 3 aliphatic heterocycles. The molecule has 0 amide bonds. The lowest BCUT2D eigenvalue weighted by atomic mass is 9.92. The summed E-state index contributed by atoms with van der Waals surface area (Å²) in [6.45, 7) is 5.93. The summed E-state index contributed by atoms with van der Waals surface area (Å²) >= 11 is 5.43. The number of benzene rings is 1. The summed E-state index contributed by atoms with van der Waals surface area (Å²) in [6.07, 6.45) is 12.1. The number of nitrogens with one attached hydrogen (secondary N) is 1. The van der Waals surface area contributed by atoms with Gasteiger partial charge in [-0.3, -0.25) is 0 Å². The van der Waals surface area contributed by atoms with Crippen LogP contribution < -0.4 is 10.1 Å². The standard InChI is InChI=1S/C22H32N4OS2/c1-29(28)26-13-8-19-15-21(5-4-20(19)17-26)27-14-2-3-18-6-11-25(12-7-18)22-16-23-9-10-24-22/h4-5,10,15-16,18,23H,2-3,6-9,11-14,17H2,1H3. The second-order valence-electron chi connectivity index (χ2n) is 8.11. The SMILES string of the molecule is CS(=S)N1CCc2cc(OCCCC3CCN(C4=CNCC=N4)CC3)ccc2C1. The molecule has 7 heteroatoms.